The van der Waals surface area contributed by atoms with Gasteiger partial charge in [0.1, 0.15) is 0 Å². The van der Waals surface area contributed by atoms with Crippen LogP contribution in [0.25, 0.3) is 0 Å². The van der Waals surface area contributed by atoms with E-state index in [1.807, 2.05) is 6.92 Å². The number of rotatable bonds is 7. The molecule has 2 aromatic rings. The summed E-state index contributed by atoms with van der Waals surface area (Å²) in [6, 6.07) is 14.2. The summed E-state index contributed by atoms with van der Waals surface area (Å²) in [7, 11) is -2.13. The summed E-state index contributed by atoms with van der Waals surface area (Å²) < 4.78 is 32.1. The van der Waals surface area contributed by atoms with Crippen molar-refractivity contribution in [2.45, 2.75) is 17.9 Å². The van der Waals surface area contributed by atoms with Crippen LogP contribution >= 0.6 is 0 Å². The molecule has 1 atom stereocenters. The number of carbonyl (C=O) groups excluding carboxylic acids is 1. The molecular formula is C17H20N2O4S. The number of benzene rings is 2. The number of ether oxygens (including phenoxy) is 1. The first-order valence-corrected chi connectivity index (χ1v) is 8.88. The number of anilines is 1. The molecular weight excluding hydrogens is 328 g/mol. The Hall–Kier alpha value is -2.38. The van der Waals surface area contributed by atoms with Gasteiger partial charge in [0.15, 0.2) is 0 Å². The Morgan fingerprint density at radius 3 is 2.29 bits per heavy atom. The van der Waals surface area contributed by atoms with Crippen molar-refractivity contribution in [1.82, 2.24) is 5.32 Å². The van der Waals surface area contributed by atoms with E-state index in [0.717, 1.165) is 0 Å². The summed E-state index contributed by atoms with van der Waals surface area (Å²) in [6.07, 6.45) is 0. The molecule has 2 N–H and O–H groups in total. The predicted molar refractivity (Wildman–Crippen MR) is 92.5 cm³/mol. The van der Waals surface area contributed by atoms with E-state index in [0.29, 0.717) is 17.9 Å². The standard InChI is InChI=1S/C17H20N2O4S/c1-13(12-23-2)18-17(20)14-8-10-16(11-9-14)24(21,22)19-15-6-4-3-5-7-15/h3-11,13,19H,12H2,1-2H3,(H,18,20). The van der Waals surface area contributed by atoms with E-state index in [2.05, 4.69) is 10.0 Å². The van der Waals surface area contributed by atoms with Crippen molar-refractivity contribution in [3.63, 3.8) is 0 Å². The number of methoxy groups -OCH3 is 1. The van der Waals surface area contributed by atoms with Crippen LogP contribution in [0.4, 0.5) is 5.69 Å². The Morgan fingerprint density at radius 2 is 1.71 bits per heavy atom. The molecule has 0 saturated carbocycles. The van der Waals surface area contributed by atoms with Crippen molar-refractivity contribution in [2.24, 2.45) is 0 Å². The average molecular weight is 348 g/mol. The first-order chi connectivity index (χ1) is 11.4. The highest BCUT2D eigenvalue weighted by atomic mass is 32.2. The molecule has 7 heteroatoms. The summed E-state index contributed by atoms with van der Waals surface area (Å²) in [5.41, 5.74) is 0.865. The minimum Gasteiger partial charge on any atom is -0.383 e. The third-order valence-corrected chi connectivity index (χ3v) is 4.64. The Kier molecular flexibility index (Phi) is 5.94. The monoisotopic (exact) mass is 348 g/mol. The molecule has 2 rings (SSSR count). The van der Waals surface area contributed by atoms with E-state index < -0.39 is 10.0 Å². The van der Waals surface area contributed by atoms with Crippen molar-refractivity contribution in [3.8, 4) is 0 Å². The van der Waals surface area contributed by atoms with E-state index >= 15 is 0 Å². The van der Waals surface area contributed by atoms with Crippen LogP contribution < -0.4 is 10.0 Å². The van der Waals surface area contributed by atoms with Gasteiger partial charge in [0.05, 0.1) is 11.5 Å². The Balaban J connectivity index is 2.09. The fourth-order valence-corrected chi connectivity index (χ4v) is 3.16. The summed E-state index contributed by atoms with van der Waals surface area (Å²) in [4.78, 5) is 12.1. The molecule has 0 aliphatic heterocycles. The van der Waals surface area contributed by atoms with Gasteiger partial charge in [-0.25, -0.2) is 8.42 Å². The molecule has 1 unspecified atom stereocenters. The highest BCUT2D eigenvalue weighted by Gasteiger charge is 2.15. The lowest BCUT2D eigenvalue weighted by Crippen LogP contribution is -2.35. The van der Waals surface area contributed by atoms with Crippen LogP contribution in [0, 0.1) is 0 Å². The van der Waals surface area contributed by atoms with Crippen LogP contribution in [0.3, 0.4) is 0 Å². The van der Waals surface area contributed by atoms with Crippen LogP contribution in [-0.2, 0) is 14.8 Å². The number of sulfonamides is 1. The van der Waals surface area contributed by atoms with Crippen molar-refractivity contribution in [2.75, 3.05) is 18.4 Å². The zero-order valence-corrected chi connectivity index (χ0v) is 14.3. The molecule has 0 aromatic heterocycles. The van der Waals surface area contributed by atoms with Gasteiger partial charge < -0.3 is 10.1 Å². The molecule has 128 valence electrons. The number of para-hydroxylation sites is 1. The largest absolute Gasteiger partial charge is 0.383 e. The zero-order valence-electron chi connectivity index (χ0n) is 13.5. The minimum atomic E-state index is -3.69. The maximum absolute atomic E-state index is 12.3. The Labute approximate surface area is 141 Å². The van der Waals surface area contributed by atoms with Gasteiger partial charge in [0, 0.05) is 24.4 Å². The summed E-state index contributed by atoms with van der Waals surface area (Å²) in [6.45, 7) is 2.23. The van der Waals surface area contributed by atoms with Gasteiger partial charge in [-0.3, -0.25) is 9.52 Å². The second kappa shape index (κ2) is 7.94. The van der Waals surface area contributed by atoms with Gasteiger partial charge in [0.25, 0.3) is 15.9 Å². The van der Waals surface area contributed by atoms with E-state index in [1.54, 1.807) is 37.4 Å². The van der Waals surface area contributed by atoms with Crippen LogP contribution in [0.1, 0.15) is 17.3 Å². The quantitative estimate of drug-likeness (QED) is 0.804. The molecule has 6 nitrogen and oxygen atoms in total. The lowest BCUT2D eigenvalue weighted by atomic mass is 10.2. The fraction of sp³-hybridized carbons (Fsp3) is 0.235. The number of carbonyl (C=O) groups is 1. The Morgan fingerprint density at radius 1 is 1.08 bits per heavy atom. The summed E-state index contributed by atoms with van der Waals surface area (Å²) >= 11 is 0. The average Bonchev–Trinajstić information content (AvgIpc) is 2.55. The number of hydrogen-bond acceptors (Lipinski definition) is 4. The lowest BCUT2D eigenvalue weighted by Gasteiger charge is -2.13. The number of amides is 1. The van der Waals surface area contributed by atoms with Crippen LogP contribution in [0.2, 0.25) is 0 Å². The first kappa shape index (κ1) is 18.0. The SMILES string of the molecule is COCC(C)NC(=O)c1ccc(S(=O)(=O)Nc2ccccc2)cc1. The van der Waals surface area contributed by atoms with Crippen LogP contribution in [0.15, 0.2) is 59.5 Å². The molecule has 2 aromatic carbocycles. The van der Waals surface area contributed by atoms with E-state index in [4.69, 9.17) is 4.74 Å². The smallest absolute Gasteiger partial charge is 0.261 e. The lowest BCUT2D eigenvalue weighted by molar-refractivity contribution is 0.0905. The van der Waals surface area contributed by atoms with Gasteiger partial charge in [-0.05, 0) is 43.3 Å². The minimum absolute atomic E-state index is 0.0906. The third-order valence-electron chi connectivity index (χ3n) is 3.25. The predicted octanol–water partition coefficient (Wildman–Crippen LogP) is 2.25. The highest BCUT2D eigenvalue weighted by Crippen LogP contribution is 2.16. The van der Waals surface area contributed by atoms with Crippen molar-refractivity contribution in [1.29, 1.82) is 0 Å². The third kappa shape index (κ3) is 4.81. The van der Waals surface area contributed by atoms with Crippen molar-refractivity contribution >= 4 is 21.6 Å². The summed E-state index contributed by atoms with van der Waals surface area (Å²) in [5, 5.41) is 2.77. The molecule has 0 bridgehead atoms. The van der Waals surface area contributed by atoms with Crippen molar-refractivity contribution in [3.05, 3.63) is 60.2 Å². The number of hydrogen-bond donors (Lipinski definition) is 2. The van der Waals surface area contributed by atoms with E-state index in [1.165, 1.54) is 24.3 Å². The zero-order chi connectivity index (χ0) is 17.6. The van der Waals surface area contributed by atoms with Gasteiger partial charge in [0.2, 0.25) is 0 Å². The first-order valence-electron chi connectivity index (χ1n) is 7.40. The van der Waals surface area contributed by atoms with Crippen LogP contribution in [0.5, 0.6) is 0 Å². The molecule has 0 radical (unpaired) electrons. The van der Waals surface area contributed by atoms with Gasteiger partial charge in [-0.1, -0.05) is 18.2 Å². The second-order valence-electron chi connectivity index (χ2n) is 5.33. The van der Waals surface area contributed by atoms with E-state index in [-0.39, 0.29) is 16.8 Å². The summed E-state index contributed by atoms with van der Waals surface area (Å²) in [5.74, 6) is -0.278. The maximum atomic E-state index is 12.3. The molecule has 0 aliphatic carbocycles. The fourth-order valence-electron chi connectivity index (χ4n) is 2.10. The van der Waals surface area contributed by atoms with Gasteiger partial charge >= 0.3 is 0 Å². The second-order valence-corrected chi connectivity index (χ2v) is 7.01. The topological polar surface area (TPSA) is 84.5 Å². The Bertz CT molecular complexity index is 774. The maximum Gasteiger partial charge on any atom is 0.261 e. The van der Waals surface area contributed by atoms with Gasteiger partial charge in [-0.15, -0.1) is 0 Å². The molecule has 0 spiro atoms. The van der Waals surface area contributed by atoms with Crippen molar-refractivity contribution < 1.29 is 17.9 Å². The molecule has 1 amide bonds. The molecule has 0 fully saturated rings. The molecule has 0 saturated heterocycles. The van der Waals surface area contributed by atoms with E-state index in [9.17, 15) is 13.2 Å². The molecule has 24 heavy (non-hydrogen) atoms. The molecule has 0 aliphatic rings. The van der Waals surface area contributed by atoms with Gasteiger partial charge in [-0.2, -0.15) is 0 Å². The molecule has 0 heterocycles. The van der Waals surface area contributed by atoms with Crippen LogP contribution in [-0.4, -0.2) is 34.1 Å². The highest BCUT2D eigenvalue weighted by molar-refractivity contribution is 7.92. The number of nitrogens with one attached hydrogen (secondary N) is 2. The normalized spacial score (nSPS) is 12.4.